The number of hydrogen-bond acceptors (Lipinski definition) is 2. The molecule has 0 bridgehead atoms. The second kappa shape index (κ2) is 8.34. The number of aromatic amines is 1. The van der Waals surface area contributed by atoms with Crippen molar-refractivity contribution < 1.29 is 9.59 Å². The highest BCUT2D eigenvalue weighted by molar-refractivity contribution is 5.99. The van der Waals surface area contributed by atoms with Crippen LogP contribution in [-0.4, -0.2) is 41.3 Å². The maximum absolute atomic E-state index is 12.4. The molecule has 0 unspecified atom stereocenters. The summed E-state index contributed by atoms with van der Waals surface area (Å²) in [4.78, 5) is 29.5. The van der Waals surface area contributed by atoms with E-state index in [0.29, 0.717) is 18.8 Å². The SMILES string of the molecule is CCN(CCc1ccccc1)C(=O)CNC(=O)c1cc2ccccc2[nH]1. The van der Waals surface area contributed by atoms with E-state index < -0.39 is 0 Å². The molecule has 2 aromatic carbocycles. The Morgan fingerprint density at radius 2 is 1.77 bits per heavy atom. The Morgan fingerprint density at radius 3 is 2.50 bits per heavy atom. The molecule has 0 aliphatic carbocycles. The zero-order valence-electron chi connectivity index (χ0n) is 14.9. The maximum atomic E-state index is 12.4. The Hall–Kier alpha value is -3.08. The summed E-state index contributed by atoms with van der Waals surface area (Å²) in [6, 6.07) is 19.6. The largest absolute Gasteiger partial charge is 0.351 e. The van der Waals surface area contributed by atoms with Crippen LogP contribution in [0.1, 0.15) is 23.0 Å². The minimum absolute atomic E-state index is 0.00315. The number of fused-ring (bicyclic) bond motifs is 1. The molecule has 0 atom stereocenters. The number of nitrogens with zero attached hydrogens (tertiary/aromatic N) is 1. The number of carbonyl (C=O) groups is 2. The molecule has 1 heterocycles. The van der Waals surface area contributed by atoms with Gasteiger partial charge in [-0.3, -0.25) is 9.59 Å². The van der Waals surface area contributed by atoms with E-state index in [-0.39, 0.29) is 18.4 Å². The summed E-state index contributed by atoms with van der Waals surface area (Å²) in [5.41, 5.74) is 2.56. The van der Waals surface area contributed by atoms with Gasteiger partial charge < -0.3 is 15.2 Å². The summed E-state index contributed by atoms with van der Waals surface area (Å²) in [6.45, 7) is 3.20. The highest BCUT2D eigenvalue weighted by Gasteiger charge is 2.15. The summed E-state index contributed by atoms with van der Waals surface area (Å²) in [5, 5.41) is 3.69. The average Bonchev–Trinajstić information content (AvgIpc) is 3.11. The predicted octanol–water partition coefficient (Wildman–Crippen LogP) is 2.99. The van der Waals surface area contributed by atoms with E-state index in [1.165, 1.54) is 5.56 Å². The number of para-hydroxylation sites is 1. The van der Waals surface area contributed by atoms with E-state index >= 15 is 0 Å². The van der Waals surface area contributed by atoms with Crippen LogP contribution >= 0.6 is 0 Å². The van der Waals surface area contributed by atoms with Crippen LogP contribution in [-0.2, 0) is 11.2 Å². The molecule has 2 amide bonds. The monoisotopic (exact) mass is 349 g/mol. The van der Waals surface area contributed by atoms with Gasteiger partial charge in [-0.05, 0) is 31.0 Å². The van der Waals surface area contributed by atoms with E-state index in [1.54, 1.807) is 11.0 Å². The lowest BCUT2D eigenvalue weighted by Gasteiger charge is -2.21. The number of benzene rings is 2. The van der Waals surface area contributed by atoms with Gasteiger partial charge >= 0.3 is 0 Å². The quantitative estimate of drug-likeness (QED) is 0.689. The Bertz CT molecular complexity index is 853. The smallest absolute Gasteiger partial charge is 0.268 e. The minimum atomic E-state index is -0.270. The number of nitrogens with one attached hydrogen (secondary N) is 2. The van der Waals surface area contributed by atoms with Gasteiger partial charge in [-0.15, -0.1) is 0 Å². The lowest BCUT2D eigenvalue weighted by Crippen LogP contribution is -2.41. The Balaban J connectivity index is 1.53. The second-order valence-corrected chi connectivity index (χ2v) is 6.16. The van der Waals surface area contributed by atoms with Gasteiger partial charge in [0.1, 0.15) is 5.69 Å². The third-order valence-corrected chi connectivity index (χ3v) is 4.42. The molecule has 0 aliphatic rings. The van der Waals surface area contributed by atoms with Gasteiger partial charge in [0.15, 0.2) is 0 Å². The van der Waals surface area contributed by atoms with Gasteiger partial charge in [0.2, 0.25) is 5.91 Å². The molecule has 0 saturated carbocycles. The molecule has 5 nitrogen and oxygen atoms in total. The van der Waals surface area contributed by atoms with Crippen molar-refractivity contribution in [1.82, 2.24) is 15.2 Å². The lowest BCUT2D eigenvalue weighted by molar-refractivity contribution is -0.129. The molecule has 2 N–H and O–H groups in total. The maximum Gasteiger partial charge on any atom is 0.268 e. The topological polar surface area (TPSA) is 65.2 Å². The number of rotatable bonds is 7. The fourth-order valence-electron chi connectivity index (χ4n) is 2.93. The van der Waals surface area contributed by atoms with Crippen LogP contribution in [0.15, 0.2) is 60.7 Å². The van der Waals surface area contributed by atoms with Gasteiger partial charge in [-0.1, -0.05) is 48.5 Å². The van der Waals surface area contributed by atoms with Crippen molar-refractivity contribution in [3.8, 4) is 0 Å². The molecular formula is C21H23N3O2. The van der Waals surface area contributed by atoms with E-state index in [9.17, 15) is 9.59 Å². The molecular weight excluding hydrogens is 326 g/mol. The number of amides is 2. The molecule has 0 radical (unpaired) electrons. The van der Waals surface area contributed by atoms with Crippen LogP contribution < -0.4 is 5.32 Å². The Labute approximate surface area is 153 Å². The first-order valence-corrected chi connectivity index (χ1v) is 8.85. The van der Waals surface area contributed by atoms with E-state index in [0.717, 1.165) is 17.3 Å². The molecule has 0 aliphatic heterocycles. The molecule has 0 fully saturated rings. The average molecular weight is 349 g/mol. The molecule has 3 aromatic rings. The third-order valence-electron chi connectivity index (χ3n) is 4.42. The minimum Gasteiger partial charge on any atom is -0.351 e. The van der Waals surface area contributed by atoms with E-state index in [1.807, 2.05) is 49.4 Å². The molecule has 0 saturated heterocycles. The van der Waals surface area contributed by atoms with Crippen molar-refractivity contribution in [3.63, 3.8) is 0 Å². The summed E-state index contributed by atoms with van der Waals surface area (Å²) in [5.74, 6) is -0.346. The predicted molar refractivity (Wildman–Crippen MR) is 103 cm³/mol. The van der Waals surface area contributed by atoms with Gasteiger partial charge in [0.25, 0.3) is 5.91 Å². The fourth-order valence-corrected chi connectivity index (χ4v) is 2.93. The second-order valence-electron chi connectivity index (χ2n) is 6.16. The summed E-state index contributed by atoms with van der Waals surface area (Å²) >= 11 is 0. The van der Waals surface area contributed by atoms with Crippen LogP contribution in [0.25, 0.3) is 10.9 Å². The zero-order valence-corrected chi connectivity index (χ0v) is 14.9. The number of hydrogen-bond donors (Lipinski definition) is 2. The van der Waals surface area contributed by atoms with Gasteiger partial charge in [0, 0.05) is 24.0 Å². The van der Waals surface area contributed by atoms with Crippen LogP contribution in [0, 0.1) is 0 Å². The van der Waals surface area contributed by atoms with Crippen molar-refractivity contribution in [2.45, 2.75) is 13.3 Å². The highest BCUT2D eigenvalue weighted by atomic mass is 16.2. The van der Waals surface area contributed by atoms with Crippen molar-refractivity contribution in [2.75, 3.05) is 19.6 Å². The first-order chi connectivity index (χ1) is 12.7. The number of likely N-dealkylation sites (N-methyl/N-ethyl adjacent to an activating group) is 1. The normalized spacial score (nSPS) is 10.7. The molecule has 134 valence electrons. The Kier molecular flexibility index (Phi) is 5.69. The number of H-pyrrole nitrogens is 1. The first kappa shape index (κ1) is 17.7. The van der Waals surface area contributed by atoms with Gasteiger partial charge in [0.05, 0.1) is 6.54 Å². The highest BCUT2D eigenvalue weighted by Crippen LogP contribution is 2.14. The molecule has 0 spiro atoms. The molecule has 26 heavy (non-hydrogen) atoms. The van der Waals surface area contributed by atoms with E-state index in [2.05, 4.69) is 22.4 Å². The fraction of sp³-hybridized carbons (Fsp3) is 0.238. The number of carbonyl (C=O) groups excluding carboxylic acids is 2. The number of aromatic nitrogens is 1. The van der Waals surface area contributed by atoms with Crippen molar-refractivity contribution in [2.24, 2.45) is 0 Å². The van der Waals surface area contributed by atoms with Crippen molar-refractivity contribution >= 4 is 22.7 Å². The summed E-state index contributed by atoms with van der Waals surface area (Å²) in [6.07, 6.45) is 0.802. The van der Waals surface area contributed by atoms with Gasteiger partial charge in [-0.25, -0.2) is 0 Å². The standard InChI is InChI=1S/C21H23N3O2/c1-2-24(13-12-16-8-4-3-5-9-16)20(25)15-22-21(26)19-14-17-10-6-7-11-18(17)23-19/h3-11,14,23H,2,12-13,15H2,1H3,(H,22,26). The lowest BCUT2D eigenvalue weighted by atomic mass is 10.1. The van der Waals surface area contributed by atoms with Crippen LogP contribution in [0.4, 0.5) is 0 Å². The van der Waals surface area contributed by atoms with E-state index in [4.69, 9.17) is 0 Å². The van der Waals surface area contributed by atoms with Crippen LogP contribution in [0.5, 0.6) is 0 Å². The Morgan fingerprint density at radius 1 is 1.04 bits per heavy atom. The van der Waals surface area contributed by atoms with Gasteiger partial charge in [-0.2, -0.15) is 0 Å². The molecule has 3 rings (SSSR count). The van der Waals surface area contributed by atoms with Crippen molar-refractivity contribution in [1.29, 1.82) is 0 Å². The molecule has 1 aromatic heterocycles. The van der Waals surface area contributed by atoms with Crippen LogP contribution in [0.3, 0.4) is 0 Å². The first-order valence-electron chi connectivity index (χ1n) is 8.85. The third kappa shape index (κ3) is 4.30. The van der Waals surface area contributed by atoms with Crippen molar-refractivity contribution in [3.05, 3.63) is 71.9 Å². The summed E-state index contributed by atoms with van der Waals surface area (Å²) in [7, 11) is 0. The van der Waals surface area contributed by atoms with Crippen LogP contribution in [0.2, 0.25) is 0 Å². The molecule has 5 heteroatoms. The zero-order chi connectivity index (χ0) is 18.4. The summed E-state index contributed by atoms with van der Waals surface area (Å²) < 4.78 is 0.